The number of rotatable bonds is 6. The molecule has 0 aromatic heterocycles. The average molecular weight is 332 g/mol. The molecule has 0 spiro atoms. The summed E-state index contributed by atoms with van der Waals surface area (Å²) in [4.78, 5) is 10.6. The van der Waals surface area contributed by atoms with E-state index in [1.807, 2.05) is 22.6 Å². The molecule has 1 rings (SSSR count). The van der Waals surface area contributed by atoms with Gasteiger partial charge in [-0.05, 0) is 36.8 Å². The first-order valence-electron chi connectivity index (χ1n) is 5.58. The van der Waals surface area contributed by atoms with Crippen LogP contribution in [-0.2, 0) is 17.6 Å². The number of hydrogen-bond acceptors (Lipinski definition) is 1. The van der Waals surface area contributed by atoms with Gasteiger partial charge >= 0.3 is 5.97 Å². The van der Waals surface area contributed by atoms with E-state index in [-0.39, 0.29) is 3.92 Å². The van der Waals surface area contributed by atoms with Gasteiger partial charge in [0.05, 0.1) is 0 Å². The van der Waals surface area contributed by atoms with Crippen LogP contribution < -0.4 is 0 Å². The summed E-state index contributed by atoms with van der Waals surface area (Å²) in [5, 5.41) is 8.74. The lowest BCUT2D eigenvalue weighted by Crippen LogP contribution is -2.12. The minimum Gasteiger partial charge on any atom is -0.480 e. The van der Waals surface area contributed by atoms with Crippen LogP contribution in [0.15, 0.2) is 24.3 Å². The second-order valence-corrected chi connectivity index (χ2v) is 5.37. The summed E-state index contributed by atoms with van der Waals surface area (Å²) in [6.07, 6.45) is 3.71. The van der Waals surface area contributed by atoms with Crippen molar-refractivity contribution in [1.29, 1.82) is 0 Å². The monoisotopic (exact) mass is 332 g/mol. The van der Waals surface area contributed by atoms with Crippen LogP contribution in [0.4, 0.5) is 0 Å². The first kappa shape index (κ1) is 13.5. The van der Waals surface area contributed by atoms with E-state index in [0.29, 0.717) is 0 Å². The van der Waals surface area contributed by atoms with Gasteiger partial charge in [-0.25, -0.2) is 0 Å². The van der Waals surface area contributed by atoms with E-state index < -0.39 is 5.97 Å². The highest BCUT2D eigenvalue weighted by Gasteiger charge is 2.11. The van der Waals surface area contributed by atoms with Crippen LogP contribution >= 0.6 is 22.6 Å². The lowest BCUT2D eigenvalue weighted by molar-refractivity contribution is -0.136. The SMILES string of the molecule is CCc1ccc(CCCC(I)C(=O)O)cc1. The van der Waals surface area contributed by atoms with Crippen LogP contribution in [0.1, 0.15) is 30.9 Å². The van der Waals surface area contributed by atoms with Crippen molar-refractivity contribution in [2.75, 3.05) is 0 Å². The van der Waals surface area contributed by atoms with Crippen LogP contribution in [0.3, 0.4) is 0 Å². The summed E-state index contributed by atoms with van der Waals surface area (Å²) in [6, 6.07) is 8.58. The fourth-order valence-electron chi connectivity index (χ4n) is 1.55. The number of aryl methyl sites for hydroxylation is 2. The lowest BCUT2D eigenvalue weighted by Gasteiger charge is -2.05. The molecule has 2 nitrogen and oxygen atoms in total. The zero-order valence-corrected chi connectivity index (χ0v) is 11.6. The molecule has 0 fully saturated rings. The third kappa shape index (κ3) is 4.51. The first-order valence-corrected chi connectivity index (χ1v) is 6.82. The van der Waals surface area contributed by atoms with Gasteiger partial charge in [0, 0.05) is 0 Å². The van der Waals surface area contributed by atoms with Gasteiger partial charge in [0.25, 0.3) is 0 Å². The Kier molecular flexibility index (Phi) is 5.80. The van der Waals surface area contributed by atoms with Crippen molar-refractivity contribution >= 4 is 28.6 Å². The number of halogens is 1. The average Bonchev–Trinajstić information content (AvgIpc) is 2.29. The molecule has 88 valence electrons. The van der Waals surface area contributed by atoms with Gasteiger partial charge in [-0.2, -0.15) is 0 Å². The molecule has 0 aliphatic heterocycles. The smallest absolute Gasteiger partial charge is 0.316 e. The number of carboxylic acid groups (broad SMARTS) is 1. The van der Waals surface area contributed by atoms with Crippen LogP contribution in [0.5, 0.6) is 0 Å². The molecule has 0 amide bonds. The minimum absolute atomic E-state index is 0.257. The van der Waals surface area contributed by atoms with Crippen LogP contribution in [-0.4, -0.2) is 15.0 Å². The minimum atomic E-state index is -0.707. The van der Waals surface area contributed by atoms with Crippen molar-refractivity contribution in [3.05, 3.63) is 35.4 Å². The molecule has 0 saturated carbocycles. The maximum Gasteiger partial charge on any atom is 0.316 e. The third-order valence-corrected chi connectivity index (χ3v) is 3.78. The van der Waals surface area contributed by atoms with Gasteiger partial charge in [0.2, 0.25) is 0 Å². The fraction of sp³-hybridized carbons (Fsp3) is 0.462. The van der Waals surface area contributed by atoms with Crippen LogP contribution in [0.25, 0.3) is 0 Å². The second-order valence-electron chi connectivity index (χ2n) is 3.87. The van der Waals surface area contributed by atoms with Crippen molar-refractivity contribution in [3.63, 3.8) is 0 Å². The third-order valence-electron chi connectivity index (χ3n) is 2.62. The second kappa shape index (κ2) is 6.89. The van der Waals surface area contributed by atoms with Gasteiger partial charge in [0.15, 0.2) is 0 Å². The van der Waals surface area contributed by atoms with E-state index in [1.54, 1.807) is 0 Å². The quantitative estimate of drug-likeness (QED) is 0.640. The number of aliphatic carboxylic acids is 1. The van der Waals surface area contributed by atoms with Gasteiger partial charge in [-0.15, -0.1) is 0 Å². The van der Waals surface area contributed by atoms with E-state index in [0.717, 1.165) is 25.7 Å². The lowest BCUT2D eigenvalue weighted by atomic mass is 10.0. The molecule has 16 heavy (non-hydrogen) atoms. The molecule has 1 aromatic carbocycles. The Bertz CT molecular complexity index is 332. The highest BCUT2D eigenvalue weighted by molar-refractivity contribution is 14.1. The highest BCUT2D eigenvalue weighted by Crippen LogP contribution is 2.13. The number of carbonyl (C=O) groups is 1. The van der Waals surface area contributed by atoms with Crippen LogP contribution in [0.2, 0.25) is 0 Å². The van der Waals surface area contributed by atoms with E-state index in [1.165, 1.54) is 11.1 Å². The van der Waals surface area contributed by atoms with Crippen molar-refractivity contribution in [2.24, 2.45) is 0 Å². The molecule has 0 bridgehead atoms. The van der Waals surface area contributed by atoms with E-state index in [9.17, 15) is 4.79 Å². The number of alkyl halides is 1. The van der Waals surface area contributed by atoms with Gasteiger partial charge in [-0.3, -0.25) is 4.79 Å². The summed E-state index contributed by atoms with van der Waals surface area (Å²) >= 11 is 1.99. The topological polar surface area (TPSA) is 37.3 Å². The highest BCUT2D eigenvalue weighted by atomic mass is 127. The molecular formula is C13H17IO2. The zero-order valence-electron chi connectivity index (χ0n) is 9.45. The maximum atomic E-state index is 10.6. The van der Waals surface area contributed by atoms with Crippen molar-refractivity contribution in [1.82, 2.24) is 0 Å². The molecule has 3 heteroatoms. The summed E-state index contributed by atoms with van der Waals surface area (Å²) in [5.41, 5.74) is 2.65. The van der Waals surface area contributed by atoms with E-state index in [4.69, 9.17) is 5.11 Å². The van der Waals surface area contributed by atoms with Crippen molar-refractivity contribution in [2.45, 2.75) is 36.5 Å². The van der Waals surface area contributed by atoms with Crippen molar-refractivity contribution in [3.8, 4) is 0 Å². The number of benzene rings is 1. The molecule has 1 aromatic rings. The van der Waals surface area contributed by atoms with Crippen molar-refractivity contribution < 1.29 is 9.90 Å². The Labute approximate surface area is 110 Å². The van der Waals surface area contributed by atoms with E-state index >= 15 is 0 Å². The number of carboxylic acids is 1. The Hall–Kier alpha value is -0.580. The fourth-order valence-corrected chi connectivity index (χ4v) is 1.99. The van der Waals surface area contributed by atoms with Crippen LogP contribution in [0, 0.1) is 0 Å². The molecule has 1 atom stereocenters. The predicted octanol–water partition coefficient (Wildman–Crippen LogP) is 3.46. The predicted molar refractivity (Wildman–Crippen MR) is 74.2 cm³/mol. The zero-order chi connectivity index (χ0) is 12.0. The van der Waals surface area contributed by atoms with E-state index in [2.05, 4.69) is 31.2 Å². The molecule has 1 N–H and O–H groups in total. The number of hydrogen-bond donors (Lipinski definition) is 1. The standard InChI is InChI=1S/C13H17IO2/c1-2-10-6-8-11(9-7-10)4-3-5-12(14)13(15)16/h6-9,12H,2-5H2,1H3,(H,15,16). The molecule has 0 radical (unpaired) electrons. The Balaban J connectivity index is 2.34. The largest absolute Gasteiger partial charge is 0.480 e. The summed E-state index contributed by atoms with van der Waals surface area (Å²) in [6.45, 7) is 2.14. The molecular weight excluding hydrogens is 315 g/mol. The molecule has 0 saturated heterocycles. The Morgan fingerprint density at radius 3 is 2.38 bits per heavy atom. The summed E-state index contributed by atoms with van der Waals surface area (Å²) in [7, 11) is 0. The van der Waals surface area contributed by atoms with Gasteiger partial charge in [-0.1, -0.05) is 53.8 Å². The Morgan fingerprint density at radius 1 is 1.31 bits per heavy atom. The molecule has 0 aliphatic rings. The molecule has 0 heterocycles. The van der Waals surface area contributed by atoms with Gasteiger partial charge in [0.1, 0.15) is 3.92 Å². The first-order chi connectivity index (χ1) is 7.63. The maximum absolute atomic E-state index is 10.6. The Morgan fingerprint density at radius 2 is 1.88 bits per heavy atom. The normalized spacial score (nSPS) is 12.4. The summed E-state index contributed by atoms with van der Waals surface area (Å²) in [5.74, 6) is -0.707. The summed E-state index contributed by atoms with van der Waals surface area (Å²) < 4.78 is -0.257. The molecule has 1 unspecified atom stereocenters. The molecule has 0 aliphatic carbocycles. The van der Waals surface area contributed by atoms with Gasteiger partial charge < -0.3 is 5.11 Å².